The molecule has 1 saturated carbocycles. The fraction of sp³-hybridized carbons (Fsp3) is 0.773. The number of hydrogen-bond acceptors (Lipinski definition) is 4. The van der Waals surface area contributed by atoms with Crippen molar-refractivity contribution in [3.8, 4) is 0 Å². The average molecular weight is 388 g/mol. The molecule has 28 heavy (non-hydrogen) atoms. The molecule has 1 fully saturated rings. The van der Waals surface area contributed by atoms with E-state index in [9.17, 15) is 4.79 Å². The van der Waals surface area contributed by atoms with Gasteiger partial charge >= 0.3 is 0 Å². The molecule has 1 aliphatic carbocycles. The second-order valence-electron chi connectivity index (χ2n) is 8.71. The van der Waals surface area contributed by atoms with Crippen molar-refractivity contribution in [1.29, 1.82) is 0 Å². The molecule has 2 aromatic rings. The Labute approximate surface area is 168 Å². The largest absolute Gasteiger partial charge is 0.342 e. The zero-order valence-electron chi connectivity index (χ0n) is 18.1. The van der Waals surface area contributed by atoms with Gasteiger partial charge in [0.25, 0.3) is 5.56 Å². The molecule has 0 radical (unpaired) electrons. The molecule has 2 heterocycles. The van der Waals surface area contributed by atoms with Gasteiger partial charge in [-0.05, 0) is 37.5 Å². The maximum absolute atomic E-state index is 12.9. The van der Waals surface area contributed by atoms with E-state index in [0.29, 0.717) is 17.4 Å². The number of nitrogens with zero attached hydrogens (tertiary/aromatic N) is 4. The van der Waals surface area contributed by atoms with E-state index in [1.54, 1.807) is 4.68 Å². The van der Waals surface area contributed by atoms with Crippen LogP contribution in [0, 0.1) is 11.8 Å². The summed E-state index contributed by atoms with van der Waals surface area (Å²) in [6, 6.07) is 0. The Morgan fingerprint density at radius 2 is 1.96 bits per heavy atom. The van der Waals surface area contributed by atoms with Gasteiger partial charge in [-0.1, -0.05) is 52.9 Å². The van der Waals surface area contributed by atoms with Crippen LogP contribution >= 0.6 is 0 Å². The molecule has 1 aliphatic rings. The number of aromatic nitrogens is 4. The summed E-state index contributed by atoms with van der Waals surface area (Å²) >= 11 is 0. The van der Waals surface area contributed by atoms with Crippen LogP contribution in [0.15, 0.2) is 4.79 Å². The normalized spacial score (nSPS) is 16.6. The Balaban J connectivity index is 1.96. The van der Waals surface area contributed by atoms with Gasteiger partial charge < -0.3 is 4.90 Å². The average Bonchev–Trinajstić information content (AvgIpc) is 2.98. The molecule has 1 atom stereocenters. The fourth-order valence-electron chi connectivity index (χ4n) is 4.68. The van der Waals surface area contributed by atoms with Crippen LogP contribution in [0.1, 0.15) is 77.8 Å². The monoisotopic (exact) mass is 387 g/mol. The molecule has 0 amide bonds. The number of rotatable bonds is 9. The van der Waals surface area contributed by atoms with E-state index in [0.717, 1.165) is 43.1 Å². The lowest BCUT2D eigenvalue weighted by atomic mass is 9.88. The number of nitrogens with one attached hydrogen (secondary N) is 1. The van der Waals surface area contributed by atoms with E-state index in [1.807, 2.05) is 7.05 Å². The quantitative estimate of drug-likeness (QED) is 0.691. The van der Waals surface area contributed by atoms with Crippen molar-refractivity contribution in [2.24, 2.45) is 18.9 Å². The standard InChI is InChI=1S/C22H37N5O/c1-5-10-16(3)14-27(15-17-12-8-7-9-13-17)22-23-19-18(11-6-2)25-26(4)20(19)21(28)24-22/h16-17H,5-15H2,1-4H3,(H,23,24,28). The van der Waals surface area contributed by atoms with Crippen LogP contribution in [-0.2, 0) is 13.5 Å². The van der Waals surface area contributed by atoms with Crippen LogP contribution in [-0.4, -0.2) is 32.8 Å². The van der Waals surface area contributed by atoms with E-state index in [-0.39, 0.29) is 5.56 Å². The van der Waals surface area contributed by atoms with E-state index in [1.165, 1.54) is 44.9 Å². The molecule has 2 aromatic heterocycles. The van der Waals surface area contributed by atoms with Crippen molar-refractivity contribution < 1.29 is 0 Å². The molecule has 156 valence electrons. The van der Waals surface area contributed by atoms with Crippen LogP contribution in [0.2, 0.25) is 0 Å². The van der Waals surface area contributed by atoms with Crippen LogP contribution < -0.4 is 10.5 Å². The summed E-state index contributed by atoms with van der Waals surface area (Å²) in [5.74, 6) is 2.02. The minimum absolute atomic E-state index is 0.0749. The highest BCUT2D eigenvalue weighted by atomic mass is 16.1. The highest BCUT2D eigenvalue weighted by Crippen LogP contribution is 2.27. The molecule has 0 aliphatic heterocycles. The summed E-state index contributed by atoms with van der Waals surface area (Å²) in [7, 11) is 1.83. The first kappa shape index (κ1) is 20.9. The first-order chi connectivity index (χ1) is 13.5. The maximum atomic E-state index is 12.9. The van der Waals surface area contributed by atoms with Crippen LogP contribution in [0.3, 0.4) is 0 Å². The third kappa shape index (κ3) is 4.76. The smallest absolute Gasteiger partial charge is 0.278 e. The Bertz CT molecular complexity index is 818. The predicted octanol–water partition coefficient (Wildman–Crippen LogP) is 4.43. The first-order valence-electron chi connectivity index (χ1n) is 11.2. The molecular formula is C22H37N5O. The Morgan fingerprint density at radius 1 is 1.21 bits per heavy atom. The van der Waals surface area contributed by atoms with Crippen molar-refractivity contribution in [1.82, 2.24) is 19.7 Å². The molecule has 0 saturated heterocycles. The van der Waals surface area contributed by atoms with E-state index in [4.69, 9.17) is 4.98 Å². The molecule has 0 bridgehead atoms. The maximum Gasteiger partial charge on any atom is 0.278 e. The Kier molecular flexibility index (Phi) is 7.13. The summed E-state index contributed by atoms with van der Waals surface area (Å²) in [6.07, 6.45) is 10.8. The number of anilines is 1. The number of aryl methyl sites for hydroxylation is 2. The summed E-state index contributed by atoms with van der Waals surface area (Å²) in [5, 5.41) is 4.56. The molecule has 0 aromatic carbocycles. The molecule has 1 unspecified atom stereocenters. The lowest BCUT2D eigenvalue weighted by Crippen LogP contribution is -2.36. The number of aromatic amines is 1. The third-order valence-corrected chi connectivity index (χ3v) is 6.05. The van der Waals surface area contributed by atoms with Gasteiger partial charge in [-0.2, -0.15) is 5.10 Å². The van der Waals surface area contributed by atoms with Crippen LogP contribution in [0.25, 0.3) is 11.0 Å². The highest BCUT2D eigenvalue weighted by Gasteiger charge is 2.22. The second kappa shape index (κ2) is 9.57. The van der Waals surface area contributed by atoms with E-state index < -0.39 is 0 Å². The minimum Gasteiger partial charge on any atom is -0.342 e. The Hall–Kier alpha value is -1.85. The topological polar surface area (TPSA) is 66.8 Å². The number of hydrogen-bond donors (Lipinski definition) is 1. The van der Waals surface area contributed by atoms with Gasteiger partial charge in [-0.15, -0.1) is 0 Å². The summed E-state index contributed by atoms with van der Waals surface area (Å²) in [4.78, 5) is 23.2. The predicted molar refractivity (Wildman–Crippen MR) is 116 cm³/mol. The van der Waals surface area contributed by atoms with Crippen molar-refractivity contribution in [2.75, 3.05) is 18.0 Å². The summed E-state index contributed by atoms with van der Waals surface area (Å²) < 4.78 is 1.68. The van der Waals surface area contributed by atoms with Crippen molar-refractivity contribution >= 4 is 17.0 Å². The molecule has 6 nitrogen and oxygen atoms in total. The van der Waals surface area contributed by atoms with Gasteiger partial charge in [-0.25, -0.2) is 4.98 Å². The van der Waals surface area contributed by atoms with Crippen molar-refractivity contribution in [3.05, 3.63) is 16.0 Å². The van der Waals surface area contributed by atoms with Gasteiger partial charge in [0.15, 0.2) is 5.52 Å². The van der Waals surface area contributed by atoms with Gasteiger partial charge in [0.1, 0.15) is 5.52 Å². The van der Waals surface area contributed by atoms with Gasteiger partial charge in [0.05, 0.1) is 5.69 Å². The molecular weight excluding hydrogens is 350 g/mol. The molecule has 3 rings (SSSR count). The van der Waals surface area contributed by atoms with Gasteiger partial charge in [0.2, 0.25) is 5.95 Å². The summed E-state index contributed by atoms with van der Waals surface area (Å²) in [5.41, 5.74) is 2.23. The van der Waals surface area contributed by atoms with Gasteiger partial charge in [-0.3, -0.25) is 14.5 Å². The minimum atomic E-state index is -0.0749. The van der Waals surface area contributed by atoms with E-state index >= 15 is 0 Å². The summed E-state index contributed by atoms with van der Waals surface area (Å²) in [6.45, 7) is 8.62. The Morgan fingerprint density at radius 3 is 2.64 bits per heavy atom. The first-order valence-corrected chi connectivity index (χ1v) is 11.2. The second-order valence-corrected chi connectivity index (χ2v) is 8.71. The molecule has 1 N–H and O–H groups in total. The number of fused-ring (bicyclic) bond motifs is 1. The van der Waals surface area contributed by atoms with Gasteiger partial charge in [0, 0.05) is 20.1 Å². The number of H-pyrrole nitrogens is 1. The lowest BCUT2D eigenvalue weighted by molar-refractivity contribution is 0.350. The van der Waals surface area contributed by atoms with E-state index in [2.05, 4.69) is 35.8 Å². The zero-order chi connectivity index (χ0) is 20.1. The highest BCUT2D eigenvalue weighted by molar-refractivity contribution is 5.77. The van der Waals surface area contributed by atoms with Crippen molar-refractivity contribution in [2.45, 2.75) is 78.6 Å². The lowest BCUT2D eigenvalue weighted by Gasteiger charge is -2.32. The zero-order valence-corrected chi connectivity index (χ0v) is 18.1. The molecule has 0 spiro atoms. The third-order valence-electron chi connectivity index (χ3n) is 6.05. The van der Waals surface area contributed by atoms with Crippen LogP contribution in [0.4, 0.5) is 5.95 Å². The van der Waals surface area contributed by atoms with Crippen molar-refractivity contribution in [3.63, 3.8) is 0 Å². The SMILES string of the molecule is CCCc1nn(C)c2c(=O)[nH]c(N(CC(C)CCC)CC3CCCCC3)nc12. The fourth-order valence-corrected chi connectivity index (χ4v) is 4.68. The van der Waals surface area contributed by atoms with Crippen LogP contribution in [0.5, 0.6) is 0 Å². The molecule has 6 heteroatoms.